The predicted molar refractivity (Wildman–Crippen MR) is 139 cm³/mol. The Labute approximate surface area is 217 Å². The molecule has 0 bridgehead atoms. The van der Waals surface area contributed by atoms with Crippen LogP contribution in [0.25, 0.3) is 0 Å². The molecule has 1 aliphatic heterocycles. The van der Waals surface area contributed by atoms with Crippen molar-refractivity contribution in [1.29, 1.82) is 0 Å². The number of primary amides is 1. The number of aryl methyl sites for hydroxylation is 1. The van der Waals surface area contributed by atoms with Crippen LogP contribution in [-0.2, 0) is 9.53 Å². The molecule has 2 atom stereocenters. The van der Waals surface area contributed by atoms with Crippen molar-refractivity contribution in [1.82, 2.24) is 9.69 Å². The second kappa shape index (κ2) is 11.1. The molecule has 4 rings (SSSR count). The molecule has 2 aromatic carbocycles. The summed E-state index contributed by atoms with van der Waals surface area (Å²) in [5.74, 6) is -2.47. The van der Waals surface area contributed by atoms with Gasteiger partial charge in [-0.1, -0.05) is 24.3 Å². The van der Waals surface area contributed by atoms with Gasteiger partial charge in [-0.2, -0.15) is 4.37 Å². The number of amides is 3. The normalized spacial score (nSPS) is 15.8. The van der Waals surface area contributed by atoms with Gasteiger partial charge in [0.15, 0.2) is 5.69 Å². The van der Waals surface area contributed by atoms with E-state index in [1.54, 1.807) is 12.1 Å². The monoisotopic (exact) mass is 525 g/mol. The zero-order valence-electron chi connectivity index (χ0n) is 20.5. The van der Waals surface area contributed by atoms with Crippen molar-refractivity contribution in [3.8, 4) is 0 Å². The van der Waals surface area contributed by atoms with Gasteiger partial charge in [0.2, 0.25) is 5.91 Å². The topological polar surface area (TPSA) is 141 Å². The predicted octanol–water partition coefficient (Wildman–Crippen LogP) is 3.26. The van der Waals surface area contributed by atoms with E-state index in [0.717, 1.165) is 35.5 Å². The number of anilines is 2. The number of hydrogen-bond donors (Lipinski definition) is 3. The highest BCUT2D eigenvalue weighted by Gasteiger charge is 2.37. The van der Waals surface area contributed by atoms with Gasteiger partial charge in [0.25, 0.3) is 11.8 Å². The molecule has 0 spiro atoms. The van der Waals surface area contributed by atoms with E-state index in [1.165, 1.54) is 29.2 Å². The number of aromatic nitrogens is 1. The molecule has 0 aliphatic carbocycles. The number of benzene rings is 2. The van der Waals surface area contributed by atoms with Gasteiger partial charge in [0.05, 0.1) is 11.8 Å². The molecule has 2 heterocycles. The van der Waals surface area contributed by atoms with Crippen LogP contribution in [0, 0.1) is 19.7 Å². The van der Waals surface area contributed by atoms with Crippen molar-refractivity contribution < 1.29 is 23.5 Å². The second-order valence-corrected chi connectivity index (χ2v) is 9.64. The fraction of sp³-hybridized carbons (Fsp3) is 0.308. The summed E-state index contributed by atoms with van der Waals surface area (Å²) in [5, 5.41) is 2.90. The fourth-order valence-corrected chi connectivity index (χ4v) is 5.02. The Morgan fingerprint density at radius 3 is 2.57 bits per heavy atom. The summed E-state index contributed by atoms with van der Waals surface area (Å²) in [5.41, 5.74) is 13.6. The first kappa shape index (κ1) is 26.2. The van der Waals surface area contributed by atoms with E-state index in [1.807, 2.05) is 19.9 Å². The first-order chi connectivity index (χ1) is 17.7. The lowest BCUT2D eigenvalue weighted by Gasteiger charge is -2.33. The SMILES string of the molecule is Cc1cccc(N(C(=O)c2snc(C(N)=O)c2N)[C@H](C(=O)NC[C@@H]2CCCO2)c2ccc(F)cc2)c1C. The van der Waals surface area contributed by atoms with Crippen LogP contribution in [0.4, 0.5) is 15.8 Å². The lowest BCUT2D eigenvalue weighted by atomic mass is 9.99. The van der Waals surface area contributed by atoms with Gasteiger partial charge >= 0.3 is 0 Å². The maximum Gasteiger partial charge on any atom is 0.273 e. The van der Waals surface area contributed by atoms with Crippen molar-refractivity contribution >= 4 is 40.6 Å². The third-order valence-corrected chi connectivity index (χ3v) is 7.28. The summed E-state index contributed by atoms with van der Waals surface area (Å²) in [6, 6.07) is 9.57. The van der Waals surface area contributed by atoms with Crippen LogP contribution >= 0.6 is 11.5 Å². The van der Waals surface area contributed by atoms with Crippen molar-refractivity contribution in [3.63, 3.8) is 0 Å². The van der Waals surface area contributed by atoms with Gasteiger partial charge in [-0.05, 0) is 73.1 Å². The molecule has 0 unspecified atom stereocenters. The van der Waals surface area contributed by atoms with Crippen LogP contribution in [0.2, 0.25) is 0 Å². The summed E-state index contributed by atoms with van der Waals surface area (Å²) in [7, 11) is 0. The number of nitrogens with one attached hydrogen (secondary N) is 1. The Balaban J connectivity index is 1.85. The lowest BCUT2D eigenvalue weighted by molar-refractivity contribution is -0.123. The highest BCUT2D eigenvalue weighted by atomic mass is 32.1. The van der Waals surface area contributed by atoms with E-state index in [4.69, 9.17) is 16.2 Å². The zero-order valence-corrected chi connectivity index (χ0v) is 21.3. The van der Waals surface area contributed by atoms with Crippen LogP contribution in [0.1, 0.15) is 55.7 Å². The summed E-state index contributed by atoms with van der Waals surface area (Å²) >= 11 is 0.727. The molecular weight excluding hydrogens is 497 g/mol. The van der Waals surface area contributed by atoms with Crippen LogP contribution in [0.15, 0.2) is 42.5 Å². The number of halogens is 1. The maximum atomic E-state index is 14.1. The number of ether oxygens (including phenoxy) is 1. The van der Waals surface area contributed by atoms with E-state index in [-0.39, 0.29) is 28.9 Å². The van der Waals surface area contributed by atoms with Crippen molar-refractivity contribution in [2.45, 2.75) is 38.8 Å². The Morgan fingerprint density at radius 1 is 1.22 bits per heavy atom. The summed E-state index contributed by atoms with van der Waals surface area (Å²) in [6.45, 7) is 4.61. The number of rotatable bonds is 8. The average molecular weight is 526 g/mol. The summed E-state index contributed by atoms with van der Waals surface area (Å²) in [4.78, 5) is 40.9. The highest BCUT2D eigenvalue weighted by molar-refractivity contribution is 7.09. The van der Waals surface area contributed by atoms with Gasteiger partial charge < -0.3 is 21.5 Å². The minimum atomic E-state index is -1.19. The van der Waals surface area contributed by atoms with E-state index in [0.29, 0.717) is 17.9 Å². The summed E-state index contributed by atoms with van der Waals surface area (Å²) in [6.07, 6.45) is 1.59. The molecule has 5 N–H and O–H groups in total. The van der Waals surface area contributed by atoms with E-state index < -0.39 is 29.6 Å². The quantitative estimate of drug-likeness (QED) is 0.412. The summed E-state index contributed by atoms with van der Waals surface area (Å²) < 4.78 is 23.4. The lowest BCUT2D eigenvalue weighted by Crippen LogP contribution is -2.46. The van der Waals surface area contributed by atoms with Gasteiger partial charge in [-0.15, -0.1) is 0 Å². The number of carbonyl (C=O) groups excluding carboxylic acids is 3. The smallest absolute Gasteiger partial charge is 0.273 e. The molecule has 37 heavy (non-hydrogen) atoms. The zero-order chi connectivity index (χ0) is 26.7. The van der Waals surface area contributed by atoms with Crippen molar-refractivity contribution in [3.05, 3.63) is 75.5 Å². The van der Waals surface area contributed by atoms with Gasteiger partial charge in [0.1, 0.15) is 16.7 Å². The second-order valence-electron chi connectivity index (χ2n) is 8.87. The first-order valence-corrected chi connectivity index (χ1v) is 12.6. The number of hydrogen-bond acceptors (Lipinski definition) is 7. The Bertz CT molecular complexity index is 1320. The molecule has 194 valence electrons. The largest absolute Gasteiger partial charge is 0.395 e. The molecule has 11 heteroatoms. The minimum Gasteiger partial charge on any atom is -0.395 e. The van der Waals surface area contributed by atoms with Gasteiger partial charge in [-0.25, -0.2) is 4.39 Å². The fourth-order valence-electron chi connectivity index (χ4n) is 4.28. The minimum absolute atomic E-state index is 0.0336. The Morgan fingerprint density at radius 2 is 1.95 bits per heavy atom. The average Bonchev–Trinajstić information content (AvgIpc) is 3.53. The van der Waals surface area contributed by atoms with Crippen LogP contribution in [0.3, 0.4) is 0 Å². The molecule has 3 amide bonds. The number of nitrogens with zero attached hydrogens (tertiary/aromatic N) is 2. The van der Waals surface area contributed by atoms with E-state index >= 15 is 0 Å². The van der Waals surface area contributed by atoms with E-state index in [2.05, 4.69) is 9.69 Å². The molecular formula is C26H28FN5O4S. The molecule has 0 radical (unpaired) electrons. The Kier molecular flexibility index (Phi) is 7.84. The molecule has 1 aromatic heterocycles. The van der Waals surface area contributed by atoms with Crippen LogP contribution in [0.5, 0.6) is 0 Å². The van der Waals surface area contributed by atoms with Crippen LogP contribution in [-0.4, -0.2) is 41.4 Å². The number of nitrogen functional groups attached to an aromatic ring is 1. The number of carbonyl (C=O) groups is 3. The van der Waals surface area contributed by atoms with Crippen LogP contribution < -0.4 is 21.7 Å². The van der Waals surface area contributed by atoms with Crippen molar-refractivity contribution in [2.75, 3.05) is 23.8 Å². The molecule has 0 saturated carbocycles. The highest BCUT2D eigenvalue weighted by Crippen LogP contribution is 2.35. The first-order valence-electron chi connectivity index (χ1n) is 11.8. The maximum absolute atomic E-state index is 14.1. The van der Waals surface area contributed by atoms with Crippen molar-refractivity contribution in [2.24, 2.45) is 5.73 Å². The Hall–Kier alpha value is -3.83. The third-order valence-electron chi connectivity index (χ3n) is 6.43. The molecule has 1 saturated heterocycles. The van der Waals surface area contributed by atoms with Gasteiger partial charge in [-0.3, -0.25) is 19.3 Å². The molecule has 3 aromatic rings. The molecule has 1 fully saturated rings. The molecule has 9 nitrogen and oxygen atoms in total. The van der Waals surface area contributed by atoms with E-state index in [9.17, 15) is 18.8 Å². The number of nitrogens with two attached hydrogens (primary N) is 2. The third kappa shape index (κ3) is 5.47. The molecule has 1 aliphatic rings. The standard InChI is InChI=1S/C26H28FN5O4S/c1-14-5-3-7-19(15(14)2)32(26(35)23-20(28)21(24(29)33)31-37-23)22(16-8-10-17(27)11-9-16)25(34)30-13-18-6-4-12-36-18/h3,5,7-11,18,22H,4,6,12-13,28H2,1-2H3,(H2,29,33)(H,30,34)/t18-,22-/m0/s1. The van der Waals surface area contributed by atoms with Gasteiger partial charge in [0, 0.05) is 18.8 Å².